The molecule has 4 N–H and O–H groups in total. The van der Waals surface area contributed by atoms with E-state index in [1.165, 1.54) is 11.8 Å². The standard InChI is InChI=1S/C19H22ClN3O2S/c20-12-8-9-16(15(21)11-12)23-18-14(7-4-10-22-18)17(19(24)25)26-13-5-2-1-3-6-13/h1-3,5-6,10-12,16-17,23H,4,7-9,21H2,(H,24,25). The molecule has 1 aliphatic carbocycles. The average Bonchev–Trinajstić information content (AvgIpc) is 2.63. The van der Waals surface area contributed by atoms with E-state index in [0.717, 1.165) is 29.7 Å². The van der Waals surface area contributed by atoms with Gasteiger partial charge in [-0.15, -0.1) is 23.4 Å². The van der Waals surface area contributed by atoms with Gasteiger partial charge >= 0.3 is 5.97 Å². The second kappa shape index (κ2) is 8.64. The van der Waals surface area contributed by atoms with Crippen molar-refractivity contribution in [1.29, 1.82) is 0 Å². The largest absolute Gasteiger partial charge is 0.480 e. The third kappa shape index (κ3) is 4.62. The summed E-state index contributed by atoms with van der Waals surface area (Å²) in [4.78, 5) is 17.3. The summed E-state index contributed by atoms with van der Waals surface area (Å²) in [6.45, 7) is 0. The Morgan fingerprint density at radius 2 is 2.12 bits per heavy atom. The molecule has 0 radical (unpaired) electrons. The molecule has 0 amide bonds. The van der Waals surface area contributed by atoms with Gasteiger partial charge in [0.1, 0.15) is 11.1 Å². The highest BCUT2D eigenvalue weighted by Gasteiger charge is 2.29. The molecule has 3 atom stereocenters. The lowest BCUT2D eigenvalue weighted by molar-refractivity contribution is -0.135. The lowest BCUT2D eigenvalue weighted by Crippen LogP contribution is -2.38. The Labute approximate surface area is 162 Å². The Hall–Kier alpha value is -1.92. The molecule has 1 aromatic rings. The minimum Gasteiger partial charge on any atom is -0.480 e. The van der Waals surface area contributed by atoms with Crippen molar-refractivity contribution in [2.24, 2.45) is 10.7 Å². The summed E-state index contributed by atoms with van der Waals surface area (Å²) in [7, 11) is 0. The number of nitrogens with two attached hydrogens (primary N) is 1. The van der Waals surface area contributed by atoms with E-state index in [4.69, 9.17) is 17.3 Å². The fourth-order valence-corrected chi connectivity index (χ4v) is 4.42. The minimum atomic E-state index is -0.863. The second-order valence-corrected chi connectivity index (χ2v) is 8.07. The van der Waals surface area contributed by atoms with E-state index >= 15 is 0 Å². The van der Waals surface area contributed by atoms with Crippen LogP contribution in [-0.4, -0.2) is 34.0 Å². The van der Waals surface area contributed by atoms with Gasteiger partial charge in [-0.25, -0.2) is 4.99 Å². The van der Waals surface area contributed by atoms with Crippen LogP contribution in [0, 0.1) is 0 Å². The van der Waals surface area contributed by atoms with Crippen LogP contribution in [0.2, 0.25) is 0 Å². The van der Waals surface area contributed by atoms with Crippen LogP contribution in [0.5, 0.6) is 0 Å². The lowest BCUT2D eigenvalue weighted by atomic mass is 9.98. The molecule has 3 unspecified atom stereocenters. The normalized spacial score (nSPS) is 24.1. The van der Waals surface area contributed by atoms with E-state index in [2.05, 4.69) is 10.3 Å². The molecule has 1 aromatic carbocycles. The molecular weight excluding hydrogens is 370 g/mol. The number of halogens is 1. The number of aliphatic imine (C=N–C) groups is 1. The summed E-state index contributed by atoms with van der Waals surface area (Å²) in [6, 6.07) is 9.50. The van der Waals surface area contributed by atoms with Gasteiger partial charge in [-0.3, -0.25) is 4.79 Å². The molecule has 0 aromatic heterocycles. The van der Waals surface area contributed by atoms with Crippen LogP contribution < -0.4 is 11.1 Å². The topological polar surface area (TPSA) is 87.7 Å². The van der Waals surface area contributed by atoms with Crippen molar-refractivity contribution in [3.05, 3.63) is 53.5 Å². The smallest absolute Gasteiger partial charge is 0.321 e. The number of nitrogens with zero attached hydrogens (tertiary/aromatic N) is 1. The molecule has 26 heavy (non-hydrogen) atoms. The zero-order valence-electron chi connectivity index (χ0n) is 14.3. The molecule has 0 saturated carbocycles. The highest BCUT2D eigenvalue weighted by atomic mass is 35.5. The van der Waals surface area contributed by atoms with E-state index in [1.54, 1.807) is 0 Å². The predicted molar refractivity (Wildman–Crippen MR) is 107 cm³/mol. The van der Waals surface area contributed by atoms with Crippen molar-refractivity contribution in [3.8, 4) is 0 Å². The van der Waals surface area contributed by atoms with Crippen LogP contribution in [0.1, 0.15) is 25.7 Å². The van der Waals surface area contributed by atoms with Crippen LogP contribution >= 0.6 is 23.4 Å². The first-order chi connectivity index (χ1) is 12.5. The van der Waals surface area contributed by atoms with Crippen molar-refractivity contribution in [2.75, 3.05) is 0 Å². The molecule has 0 fully saturated rings. The Morgan fingerprint density at radius 1 is 1.35 bits per heavy atom. The van der Waals surface area contributed by atoms with Gasteiger partial charge in [0.15, 0.2) is 0 Å². The molecule has 7 heteroatoms. The van der Waals surface area contributed by atoms with Crippen LogP contribution in [0.3, 0.4) is 0 Å². The van der Waals surface area contributed by atoms with Crippen molar-refractivity contribution < 1.29 is 9.90 Å². The van der Waals surface area contributed by atoms with Crippen LogP contribution in [0.25, 0.3) is 0 Å². The van der Waals surface area contributed by atoms with Crippen LogP contribution in [0.4, 0.5) is 0 Å². The van der Waals surface area contributed by atoms with E-state index < -0.39 is 11.2 Å². The summed E-state index contributed by atoms with van der Waals surface area (Å²) in [5.74, 6) is -0.236. The quantitative estimate of drug-likeness (QED) is 0.510. The molecule has 0 spiro atoms. The second-order valence-electron chi connectivity index (χ2n) is 6.33. The first kappa shape index (κ1) is 18.9. The van der Waals surface area contributed by atoms with Crippen molar-refractivity contribution in [2.45, 2.75) is 47.2 Å². The molecular formula is C19H22ClN3O2S. The first-order valence-corrected chi connectivity index (χ1v) is 9.94. The van der Waals surface area contributed by atoms with E-state index in [9.17, 15) is 9.90 Å². The Morgan fingerprint density at radius 3 is 2.81 bits per heavy atom. The molecule has 5 nitrogen and oxygen atoms in total. The number of nitrogens with one attached hydrogen (secondary N) is 1. The summed E-state index contributed by atoms with van der Waals surface area (Å²) < 4.78 is 0. The Kier molecular flexibility index (Phi) is 6.27. The number of benzene rings is 1. The fourth-order valence-electron chi connectivity index (χ4n) is 3.09. The Balaban J connectivity index is 1.86. The van der Waals surface area contributed by atoms with E-state index in [0.29, 0.717) is 17.9 Å². The number of rotatable bonds is 6. The Bertz CT molecular complexity index is 748. The highest BCUT2D eigenvalue weighted by molar-refractivity contribution is 8.00. The molecule has 0 bridgehead atoms. The maximum Gasteiger partial charge on any atom is 0.321 e. The SMILES string of the molecule is NC1=CC(Cl)CCC1NC1=C(C(Sc2ccccc2)C(=O)O)CCC=N1. The number of thioether (sulfide) groups is 1. The zero-order valence-corrected chi connectivity index (χ0v) is 15.8. The molecule has 2 aliphatic rings. The zero-order chi connectivity index (χ0) is 18.5. The third-order valence-electron chi connectivity index (χ3n) is 4.42. The van der Waals surface area contributed by atoms with Crippen molar-refractivity contribution in [3.63, 3.8) is 0 Å². The maximum absolute atomic E-state index is 12.0. The molecule has 0 saturated heterocycles. The number of hydrogen-bond donors (Lipinski definition) is 3. The number of alkyl halides is 1. The fraction of sp³-hybridized carbons (Fsp3) is 0.368. The average molecular weight is 392 g/mol. The molecule has 1 heterocycles. The lowest BCUT2D eigenvalue weighted by Gasteiger charge is -2.29. The summed E-state index contributed by atoms with van der Waals surface area (Å²) in [5, 5.41) is 12.4. The van der Waals surface area contributed by atoms with Crippen LogP contribution in [0.15, 0.2) is 63.4 Å². The summed E-state index contributed by atoms with van der Waals surface area (Å²) in [5.41, 5.74) is 7.60. The number of carbonyl (C=O) groups is 1. The van der Waals surface area contributed by atoms with Gasteiger partial charge in [-0.1, -0.05) is 18.2 Å². The van der Waals surface area contributed by atoms with Gasteiger partial charge in [0.2, 0.25) is 0 Å². The summed E-state index contributed by atoms with van der Waals surface area (Å²) >= 11 is 7.46. The molecule has 138 valence electrons. The number of aliphatic carboxylic acids is 1. The van der Waals surface area contributed by atoms with Gasteiger partial charge in [-0.05, 0) is 49.5 Å². The van der Waals surface area contributed by atoms with Crippen molar-refractivity contribution >= 4 is 35.5 Å². The number of allylic oxidation sites excluding steroid dienone is 1. The van der Waals surface area contributed by atoms with Crippen LogP contribution in [-0.2, 0) is 4.79 Å². The van der Waals surface area contributed by atoms with E-state index in [1.807, 2.05) is 42.6 Å². The monoisotopic (exact) mass is 391 g/mol. The van der Waals surface area contributed by atoms with Crippen molar-refractivity contribution in [1.82, 2.24) is 5.32 Å². The minimum absolute atomic E-state index is 0.0447. The highest BCUT2D eigenvalue weighted by Crippen LogP contribution is 2.33. The summed E-state index contributed by atoms with van der Waals surface area (Å²) in [6.07, 6.45) is 6.70. The van der Waals surface area contributed by atoms with Gasteiger partial charge in [0, 0.05) is 16.8 Å². The molecule has 3 rings (SSSR count). The first-order valence-electron chi connectivity index (χ1n) is 8.62. The van der Waals surface area contributed by atoms with Gasteiger partial charge in [-0.2, -0.15) is 0 Å². The van der Waals surface area contributed by atoms with Gasteiger partial charge in [0.05, 0.1) is 11.4 Å². The maximum atomic E-state index is 12.0. The predicted octanol–water partition coefficient (Wildman–Crippen LogP) is 3.51. The van der Waals surface area contributed by atoms with E-state index in [-0.39, 0.29) is 11.4 Å². The number of carboxylic acid groups (broad SMARTS) is 1. The molecule has 1 aliphatic heterocycles. The van der Waals surface area contributed by atoms with Gasteiger partial charge < -0.3 is 16.2 Å². The third-order valence-corrected chi connectivity index (χ3v) is 6.03. The van der Waals surface area contributed by atoms with Gasteiger partial charge in [0.25, 0.3) is 0 Å². The number of carboxylic acids is 1. The number of hydrogen-bond acceptors (Lipinski definition) is 5.